The molecular weight excluding hydrogens is 1210 g/mol. The van der Waals surface area contributed by atoms with Gasteiger partial charge < -0.3 is 0 Å². The van der Waals surface area contributed by atoms with Gasteiger partial charge in [0.15, 0.2) is 0 Å². The molecule has 0 radical (unpaired) electrons. The third-order valence-electron chi connectivity index (χ3n) is 18.6. The monoisotopic (exact) mass is 1340 g/mol. The number of hydrogen-bond donors (Lipinski definition) is 0. The Morgan fingerprint density at radius 1 is 0.301 bits per heavy atom. The standard InChI is InChI=1S/C76H124N2O2Se3/c1-7-11-15-19-23-27-29-33-37-41-49-65(47-39-35-31-25-21-17-13-9-3)51-43-45-59-77-70-62-68(72-57-58-74(83-72)73-56-54-64(6)82-73)76(80)78(69(70)61-67(75(77)79)71-55-53-63(5)81-71)60-46-44-52-66(48-40-36-32-26-22-18-14-10-4)50-42-38-34-30-28-24-20-16-12-8-2/h53-58,61-62,65-66H,7-52,59-60H2,1-6H3. The van der Waals surface area contributed by atoms with E-state index in [1.807, 2.05) is 0 Å². The molecule has 0 spiro atoms. The summed E-state index contributed by atoms with van der Waals surface area (Å²) in [5.74, 6) is 1.56. The maximum atomic E-state index is 15.4. The van der Waals surface area contributed by atoms with E-state index in [-0.39, 0.29) is 40.1 Å². The molecule has 4 nitrogen and oxygen atoms in total. The Labute approximate surface area is 528 Å². The molecule has 0 saturated carbocycles. The van der Waals surface area contributed by atoms with Gasteiger partial charge in [-0.3, -0.25) is 0 Å². The molecule has 83 heavy (non-hydrogen) atoms. The normalized spacial score (nSPS) is 12.6. The molecule has 5 aromatic heterocycles. The molecule has 5 heterocycles. The van der Waals surface area contributed by atoms with E-state index in [9.17, 15) is 0 Å². The summed E-state index contributed by atoms with van der Waals surface area (Å²) < 4.78 is 12.4. The second-order valence-electron chi connectivity index (χ2n) is 26.0. The molecule has 7 heteroatoms. The zero-order chi connectivity index (χ0) is 59.0. The number of fused-ring (bicyclic) bond motifs is 1. The quantitative estimate of drug-likeness (QED) is 0.0288. The molecule has 0 amide bonds. The summed E-state index contributed by atoms with van der Waals surface area (Å²) in [7, 11) is 0. The zero-order valence-corrected chi connectivity index (χ0v) is 59.8. The molecule has 0 aliphatic rings. The van der Waals surface area contributed by atoms with Gasteiger partial charge in [-0.25, -0.2) is 0 Å². The number of aromatic nitrogens is 2. The average molecular weight is 1330 g/mol. The van der Waals surface area contributed by atoms with Gasteiger partial charge >= 0.3 is 325 Å². The molecular formula is C76H124N2O2Se3. The molecule has 0 bridgehead atoms. The van der Waals surface area contributed by atoms with Crippen molar-refractivity contribution >= 4 is 54.5 Å². The van der Waals surface area contributed by atoms with Crippen molar-refractivity contribution in [1.82, 2.24) is 9.13 Å². The maximum absolute atomic E-state index is 15.4. The number of nitrogens with zero attached hydrogens (tertiary/aromatic N) is 2. The van der Waals surface area contributed by atoms with Gasteiger partial charge in [0, 0.05) is 0 Å². The van der Waals surface area contributed by atoms with Crippen molar-refractivity contribution in [3.8, 4) is 28.9 Å². The average Bonchev–Trinajstić information content (AvgIpc) is 4.49. The van der Waals surface area contributed by atoms with Crippen LogP contribution in [-0.4, -0.2) is 52.6 Å². The number of aryl methyl sites for hydroxylation is 4. The Morgan fingerprint density at radius 3 is 0.843 bits per heavy atom. The van der Waals surface area contributed by atoms with E-state index in [1.165, 1.54) is 296 Å². The number of hydrogen-bond acceptors (Lipinski definition) is 2. The van der Waals surface area contributed by atoms with Gasteiger partial charge in [-0.1, -0.05) is 207 Å². The fourth-order valence-corrected chi connectivity index (χ4v) is 19.6. The van der Waals surface area contributed by atoms with Gasteiger partial charge in [0.05, 0.1) is 0 Å². The first-order valence-electron chi connectivity index (χ1n) is 35.8. The van der Waals surface area contributed by atoms with Gasteiger partial charge in [-0.15, -0.1) is 0 Å². The molecule has 468 valence electrons. The second kappa shape index (κ2) is 45.4. The molecule has 0 N–H and O–H groups in total. The topological polar surface area (TPSA) is 44.0 Å². The number of rotatable bonds is 53. The fourth-order valence-electron chi connectivity index (χ4n) is 13.3. The fraction of sp³-hybridized carbons (Fsp3) is 0.737. The first-order valence-corrected chi connectivity index (χ1v) is 41.0. The van der Waals surface area contributed by atoms with Crippen LogP contribution in [-0.2, 0) is 13.1 Å². The predicted molar refractivity (Wildman–Crippen MR) is 371 cm³/mol. The van der Waals surface area contributed by atoms with Crippen LogP contribution in [0.15, 0.2) is 58.1 Å². The molecule has 5 aromatic rings. The Balaban J connectivity index is 1.36. The summed E-state index contributed by atoms with van der Waals surface area (Å²) in [6.45, 7) is 15.2. The van der Waals surface area contributed by atoms with E-state index < -0.39 is 0 Å². The summed E-state index contributed by atoms with van der Waals surface area (Å²) in [5.41, 5.74) is 3.90. The van der Waals surface area contributed by atoms with Gasteiger partial charge in [-0.2, -0.15) is 0 Å². The molecule has 0 aromatic carbocycles. The van der Waals surface area contributed by atoms with Crippen LogP contribution >= 0.6 is 0 Å². The zero-order valence-electron chi connectivity index (χ0n) is 54.7. The molecule has 2 atom stereocenters. The van der Waals surface area contributed by atoms with Crippen molar-refractivity contribution in [3.05, 3.63) is 78.1 Å². The third-order valence-corrected chi connectivity index (χ3v) is 26.0. The Bertz CT molecular complexity index is 2520. The summed E-state index contributed by atoms with van der Waals surface area (Å²) in [4.78, 5) is 30.6. The van der Waals surface area contributed by atoms with E-state index in [0.717, 1.165) is 59.7 Å². The molecule has 0 saturated heterocycles. The van der Waals surface area contributed by atoms with Crippen LogP contribution in [0.25, 0.3) is 39.9 Å². The number of pyridine rings is 2. The van der Waals surface area contributed by atoms with Gasteiger partial charge in [-0.05, 0) is 0 Å². The molecule has 0 aliphatic heterocycles. The summed E-state index contributed by atoms with van der Waals surface area (Å²) in [6.07, 6.45) is 62.3. The van der Waals surface area contributed by atoms with Gasteiger partial charge in [0.2, 0.25) is 0 Å². The molecule has 0 aliphatic carbocycles. The first kappa shape index (κ1) is 71.9. The third kappa shape index (κ3) is 28.5. The van der Waals surface area contributed by atoms with Crippen LogP contribution < -0.4 is 11.1 Å². The van der Waals surface area contributed by atoms with Gasteiger partial charge in [0.1, 0.15) is 0 Å². The molecule has 5 rings (SSSR count). The first-order chi connectivity index (χ1) is 40.8. The molecule has 2 unspecified atom stereocenters. The summed E-state index contributed by atoms with van der Waals surface area (Å²) >= 11 is 0.535. The van der Waals surface area contributed by atoms with Crippen molar-refractivity contribution in [1.29, 1.82) is 0 Å². The van der Waals surface area contributed by atoms with E-state index in [2.05, 4.69) is 99.2 Å². The van der Waals surface area contributed by atoms with Crippen LogP contribution in [0.3, 0.4) is 0 Å². The van der Waals surface area contributed by atoms with E-state index >= 15 is 9.59 Å². The number of unbranched alkanes of at least 4 members (excludes halogenated alkanes) is 34. The van der Waals surface area contributed by atoms with Crippen LogP contribution in [0.2, 0.25) is 0 Å². The summed E-state index contributed by atoms with van der Waals surface area (Å²) in [6, 6.07) is 18.0. The predicted octanol–water partition coefficient (Wildman–Crippen LogP) is 23.2. The van der Waals surface area contributed by atoms with Crippen molar-refractivity contribution in [3.63, 3.8) is 0 Å². The minimum Gasteiger partial charge on any atom is -0.0654 e. The van der Waals surface area contributed by atoms with Crippen LogP contribution in [0, 0.1) is 25.7 Å². The van der Waals surface area contributed by atoms with Gasteiger partial charge in [0.25, 0.3) is 0 Å². The van der Waals surface area contributed by atoms with Crippen LogP contribution in [0.4, 0.5) is 0 Å². The Morgan fingerprint density at radius 2 is 0.542 bits per heavy atom. The van der Waals surface area contributed by atoms with Crippen LogP contribution in [0.5, 0.6) is 0 Å². The smallest absolute Gasteiger partial charge is 0.0654 e. The molecule has 0 fully saturated rings. The Kier molecular flexibility index (Phi) is 39.4. The van der Waals surface area contributed by atoms with E-state index in [4.69, 9.17) is 0 Å². The van der Waals surface area contributed by atoms with Crippen LogP contribution in [0.1, 0.15) is 332 Å². The minimum absolute atomic E-state index is 0.0534. The van der Waals surface area contributed by atoms with Crippen molar-refractivity contribution in [2.24, 2.45) is 11.8 Å². The van der Waals surface area contributed by atoms with Crippen molar-refractivity contribution in [2.45, 2.75) is 350 Å². The Hall–Kier alpha value is -1.84. The minimum atomic E-state index is 0.0534. The van der Waals surface area contributed by atoms with Crippen molar-refractivity contribution < 1.29 is 0 Å². The van der Waals surface area contributed by atoms with E-state index in [0.29, 0.717) is 27.6 Å². The second-order valence-corrected chi connectivity index (χ2v) is 33.7. The summed E-state index contributed by atoms with van der Waals surface area (Å²) in [5, 5.41) is 0. The van der Waals surface area contributed by atoms with E-state index in [1.54, 1.807) is 0 Å². The SMILES string of the molecule is CCCCCCCCCCCCC(CCCCCCCCCC)CCCCn1c(=O)c(-c2ccc(C)[se]2)cc2c1cc(-c1ccc(-c3ccc(C)[se]3)[se]1)c(=O)n2CCCCC(CCCCCCCCCC)CCCCCCCCCCCC. The van der Waals surface area contributed by atoms with Crippen molar-refractivity contribution in [2.75, 3.05) is 0 Å².